The molecule has 1 saturated heterocycles. The van der Waals surface area contributed by atoms with Crippen molar-refractivity contribution in [2.75, 3.05) is 11.4 Å². The van der Waals surface area contributed by atoms with Crippen LogP contribution in [-0.4, -0.2) is 34.5 Å². The van der Waals surface area contributed by atoms with E-state index in [1.165, 1.54) is 17.0 Å². The Balaban J connectivity index is 2.52. The molecule has 1 aliphatic heterocycles. The third-order valence-corrected chi connectivity index (χ3v) is 3.31. The minimum Gasteiger partial charge on any atom is -0.478 e. The normalized spacial score (nSPS) is 18.0. The number of carboxylic acids is 1. The Morgan fingerprint density at radius 3 is 2.70 bits per heavy atom. The van der Waals surface area contributed by atoms with Gasteiger partial charge in [-0.15, -0.1) is 0 Å². The van der Waals surface area contributed by atoms with E-state index < -0.39 is 22.8 Å². The van der Waals surface area contributed by atoms with Crippen LogP contribution < -0.4 is 10.6 Å². The zero-order valence-electron chi connectivity index (χ0n) is 10.5. The topological polar surface area (TPSA) is 127 Å². The first kappa shape index (κ1) is 13.8. The maximum Gasteiger partial charge on any atom is 0.337 e. The number of carbonyl (C=O) groups excluding carboxylic acids is 1. The van der Waals surface area contributed by atoms with Gasteiger partial charge >= 0.3 is 5.97 Å². The minimum absolute atomic E-state index is 0.0799. The summed E-state index contributed by atoms with van der Waals surface area (Å²) < 4.78 is 0. The number of nitro benzene ring substituents is 1. The van der Waals surface area contributed by atoms with Gasteiger partial charge < -0.3 is 15.7 Å². The van der Waals surface area contributed by atoms with Crippen LogP contribution in [0.3, 0.4) is 0 Å². The molecule has 1 atom stereocenters. The number of aromatic carboxylic acids is 1. The van der Waals surface area contributed by atoms with Gasteiger partial charge in [0.15, 0.2) is 0 Å². The number of non-ortho nitro benzene ring substituents is 1. The molecule has 0 bridgehead atoms. The Morgan fingerprint density at radius 1 is 1.45 bits per heavy atom. The minimum atomic E-state index is -1.20. The zero-order chi connectivity index (χ0) is 14.9. The van der Waals surface area contributed by atoms with E-state index in [0.717, 1.165) is 6.07 Å². The van der Waals surface area contributed by atoms with E-state index >= 15 is 0 Å². The molecular weight excluding hydrogens is 266 g/mol. The second-order valence-corrected chi connectivity index (χ2v) is 4.52. The van der Waals surface area contributed by atoms with Crippen molar-refractivity contribution in [2.45, 2.75) is 18.9 Å². The number of nitrogens with two attached hydrogens (primary N) is 1. The van der Waals surface area contributed by atoms with Crippen LogP contribution in [0.1, 0.15) is 23.2 Å². The van der Waals surface area contributed by atoms with E-state index in [9.17, 15) is 19.7 Å². The molecule has 0 spiro atoms. The van der Waals surface area contributed by atoms with Crippen LogP contribution >= 0.6 is 0 Å². The summed E-state index contributed by atoms with van der Waals surface area (Å²) in [5.74, 6) is -1.77. The molecule has 1 aliphatic rings. The summed E-state index contributed by atoms with van der Waals surface area (Å²) >= 11 is 0. The van der Waals surface area contributed by atoms with Crippen LogP contribution in [0, 0.1) is 10.1 Å². The molecule has 1 fully saturated rings. The molecule has 1 amide bonds. The molecule has 106 valence electrons. The van der Waals surface area contributed by atoms with Crippen molar-refractivity contribution >= 4 is 23.3 Å². The van der Waals surface area contributed by atoms with Gasteiger partial charge in [-0.3, -0.25) is 14.9 Å². The van der Waals surface area contributed by atoms with Gasteiger partial charge in [0.05, 0.1) is 16.2 Å². The summed E-state index contributed by atoms with van der Waals surface area (Å²) in [4.78, 5) is 34.3. The number of benzene rings is 1. The lowest BCUT2D eigenvalue weighted by Gasteiger charge is -2.25. The maximum atomic E-state index is 11.4. The highest BCUT2D eigenvalue weighted by molar-refractivity contribution is 5.96. The van der Waals surface area contributed by atoms with Gasteiger partial charge in [-0.05, 0) is 18.9 Å². The molecule has 0 aromatic heterocycles. The number of hydrogen-bond donors (Lipinski definition) is 2. The van der Waals surface area contributed by atoms with E-state index in [0.29, 0.717) is 19.4 Å². The van der Waals surface area contributed by atoms with Crippen LogP contribution in [0.2, 0.25) is 0 Å². The van der Waals surface area contributed by atoms with Crippen LogP contribution in [0.5, 0.6) is 0 Å². The Hall–Kier alpha value is -2.64. The molecule has 8 heteroatoms. The Morgan fingerprint density at radius 2 is 2.15 bits per heavy atom. The number of primary amides is 1. The van der Waals surface area contributed by atoms with Gasteiger partial charge in [-0.1, -0.05) is 0 Å². The first-order valence-corrected chi connectivity index (χ1v) is 5.99. The van der Waals surface area contributed by atoms with Crippen molar-refractivity contribution < 1.29 is 19.6 Å². The van der Waals surface area contributed by atoms with Crippen molar-refractivity contribution in [3.63, 3.8) is 0 Å². The lowest BCUT2D eigenvalue weighted by atomic mass is 10.1. The van der Waals surface area contributed by atoms with Crippen LogP contribution in [0.25, 0.3) is 0 Å². The molecule has 1 aromatic rings. The van der Waals surface area contributed by atoms with Crippen molar-refractivity contribution in [3.05, 3.63) is 33.9 Å². The number of hydrogen-bond acceptors (Lipinski definition) is 5. The largest absolute Gasteiger partial charge is 0.478 e. The smallest absolute Gasteiger partial charge is 0.337 e. The molecular formula is C12H13N3O5. The number of carbonyl (C=O) groups is 2. The highest BCUT2D eigenvalue weighted by Crippen LogP contribution is 2.31. The lowest BCUT2D eigenvalue weighted by molar-refractivity contribution is -0.384. The Labute approximate surface area is 113 Å². The molecule has 1 heterocycles. The summed E-state index contributed by atoms with van der Waals surface area (Å²) in [5.41, 5.74) is 5.15. The van der Waals surface area contributed by atoms with E-state index in [2.05, 4.69) is 0 Å². The van der Waals surface area contributed by atoms with E-state index in [1.54, 1.807) is 0 Å². The molecule has 20 heavy (non-hydrogen) atoms. The number of nitro groups is 1. The number of nitrogens with zero attached hydrogens (tertiary/aromatic N) is 2. The molecule has 0 saturated carbocycles. The molecule has 3 N–H and O–H groups in total. The first-order chi connectivity index (χ1) is 9.41. The number of carboxylic acid groups (broad SMARTS) is 1. The van der Waals surface area contributed by atoms with Gasteiger partial charge in [0.1, 0.15) is 6.04 Å². The van der Waals surface area contributed by atoms with Gasteiger partial charge in [-0.25, -0.2) is 4.79 Å². The van der Waals surface area contributed by atoms with Crippen LogP contribution in [0.4, 0.5) is 11.4 Å². The van der Waals surface area contributed by atoms with Crippen molar-refractivity contribution in [2.24, 2.45) is 5.73 Å². The predicted molar refractivity (Wildman–Crippen MR) is 69.6 cm³/mol. The van der Waals surface area contributed by atoms with Crippen molar-refractivity contribution in [1.29, 1.82) is 0 Å². The summed E-state index contributed by atoms with van der Waals surface area (Å²) in [6.45, 7) is 0.440. The summed E-state index contributed by atoms with van der Waals surface area (Å²) in [6.07, 6.45) is 1.19. The third kappa shape index (κ3) is 2.40. The SMILES string of the molecule is NC(=O)C1CCCN1c1cc([N+](=O)[O-])ccc1C(=O)O. The average Bonchev–Trinajstić information content (AvgIpc) is 2.86. The molecule has 1 unspecified atom stereocenters. The fourth-order valence-corrected chi connectivity index (χ4v) is 2.40. The zero-order valence-corrected chi connectivity index (χ0v) is 10.5. The second kappa shape index (κ2) is 5.16. The number of rotatable bonds is 4. The summed E-state index contributed by atoms with van der Waals surface area (Å²) in [7, 11) is 0. The third-order valence-electron chi connectivity index (χ3n) is 3.31. The second-order valence-electron chi connectivity index (χ2n) is 4.52. The molecule has 2 rings (SSSR count). The van der Waals surface area contributed by atoms with Crippen LogP contribution in [0.15, 0.2) is 18.2 Å². The quantitative estimate of drug-likeness (QED) is 0.618. The lowest BCUT2D eigenvalue weighted by Crippen LogP contribution is -2.41. The number of anilines is 1. The van der Waals surface area contributed by atoms with E-state index in [1.807, 2.05) is 0 Å². The van der Waals surface area contributed by atoms with Crippen molar-refractivity contribution in [1.82, 2.24) is 0 Å². The van der Waals surface area contributed by atoms with E-state index in [4.69, 9.17) is 10.8 Å². The predicted octanol–water partition coefficient (Wildman–Crippen LogP) is 0.747. The molecule has 0 aliphatic carbocycles. The van der Waals surface area contributed by atoms with Gasteiger partial charge in [0.2, 0.25) is 5.91 Å². The van der Waals surface area contributed by atoms with Crippen LogP contribution in [-0.2, 0) is 4.79 Å². The Kier molecular flexibility index (Phi) is 3.55. The number of amides is 1. The monoisotopic (exact) mass is 279 g/mol. The van der Waals surface area contributed by atoms with Crippen molar-refractivity contribution in [3.8, 4) is 0 Å². The highest BCUT2D eigenvalue weighted by atomic mass is 16.6. The maximum absolute atomic E-state index is 11.4. The standard InChI is InChI=1S/C12H13N3O5/c13-11(16)9-2-1-5-14(9)10-6-7(15(19)20)3-4-8(10)12(17)18/h3-4,6,9H,1-2,5H2,(H2,13,16)(H,17,18). The molecule has 0 radical (unpaired) electrons. The van der Waals surface area contributed by atoms with Gasteiger partial charge in [-0.2, -0.15) is 0 Å². The Bertz CT molecular complexity index is 586. The van der Waals surface area contributed by atoms with Gasteiger partial charge in [0, 0.05) is 18.7 Å². The van der Waals surface area contributed by atoms with Gasteiger partial charge in [0.25, 0.3) is 5.69 Å². The highest BCUT2D eigenvalue weighted by Gasteiger charge is 2.32. The summed E-state index contributed by atoms with van der Waals surface area (Å²) in [5, 5.41) is 20.0. The molecule has 8 nitrogen and oxygen atoms in total. The summed E-state index contributed by atoms with van der Waals surface area (Å²) in [6, 6.07) is 2.84. The molecule has 1 aromatic carbocycles. The van der Waals surface area contributed by atoms with E-state index in [-0.39, 0.29) is 16.9 Å². The fraction of sp³-hybridized carbons (Fsp3) is 0.333. The first-order valence-electron chi connectivity index (χ1n) is 5.99. The fourth-order valence-electron chi connectivity index (χ4n) is 2.40. The average molecular weight is 279 g/mol.